The minimum Gasteiger partial charge on any atom is -0.497 e. The third-order valence-corrected chi connectivity index (χ3v) is 5.76. The summed E-state index contributed by atoms with van der Waals surface area (Å²) in [5, 5.41) is -0.310. The van der Waals surface area contributed by atoms with Crippen LogP contribution in [0.2, 0.25) is 0 Å². The maximum absolute atomic E-state index is 12.0. The van der Waals surface area contributed by atoms with Crippen LogP contribution in [0.1, 0.15) is 36.9 Å². The number of rotatable bonds is 5. The van der Waals surface area contributed by atoms with Crippen molar-refractivity contribution < 1.29 is 17.9 Å². The van der Waals surface area contributed by atoms with Gasteiger partial charge < -0.3 is 15.2 Å². The number of fused-ring (bicyclic) bond motifs is 1. The average Bonchev–Trinajstić information content (AvgIpc) is 3.07. The molecule has 2 aromatic heterocycles. The number of nitrogens with zero attached hydrogens (tertiary/aromatic N) is 4. The highest BCUT2D eigenvalue weighted by molar-refractivity contribution is 7.90. The topological polar surface area (TPSA) is 122 Å². The normalized spacial score (nSPS) is 17.5. The fraction of sp³-hybridized carbons (Fsp3) is 0.421. The first-order chi connectivity index (χ1) is 13.9. The van der Waals surface area contributed by atoms with Gasteiger partial charge in [0.15, 0.2) is 17.0 Å². The summed E-state index contributed by atoms with van der Waals surface area (Å²) >= 11 is 0. The van der Waals surface area contributed by atoms with Crippen molar-refractivity contribution in [3.8, 4) is 5.75 Å². The quantitative estimate of drug-likeness (QED) is 0.626. The minimum absolute atomic E-state index is 0.0426. The van der Waals surface area contributed by atoms with Crippen molar-refractivity contribution in [2.75, 3.05) is 25.7 Å². The van der Waals surface area contributed by atoms with Crippen LogP contribution in [-0.2, 0) is 21.0 Å². The van der Waals surface area contributed by atoms with E-state index in [9.17, 15) is 8.42 Å². The van der Waals surface area contributed by atoms with E-state index in [-0.39, 0.29) is 17.2 Å². The van der Waals surface area contributed by atoms with Gasteiger partial charge in [-0.15, -0.1) is 0 Å². The molecule has 9 nitrogen and oxygen atoms in total. The predicted molar refractivity (Wildman–Crippen MR) is 107 cm³/mol. The van der Waals surface area contributed by atoms with E-state index in [1.165, 1.54) is 0 Å². The fourth-order valence-corrected chi connectivity index (χ4v) is 3.98. The first-order valence-corrected chi connectivity index (χ1v) is 11.2. The number of hydrogen-bond acceptors (Lipinski definition) is 8. The van der Waals surface area contributed by atoms with Crippen molar-refractivity contribution in [2.24, 2.45) is 0 Å². The molecule has 1 aromatic carbocycles. The molecule has 0 amide bonds. The Balaban J connectivity index is 1.86. The van der Waals surface area contributed by atoms with E-state index in [2.05, 4.69) is 15.0 Å². The van der Waals surface area contributed by atoms with E-state index in [0.29, 0.717) is 30.0 Å². The lowest BCUT2D eigenvalue weighted by Crippen LogP contribution is -2.21. The van der Waals surface area contributed by atoms with Crippen LogP contribution in [0.4, 0.5) is 5.82 Å². The summed E-state index contributed by atoms with van der Waals surface area (Å²) in [5.41, 5.74) is 7.84. The van der Waals surface area contributed by atoms with Crippen LogP contribution in [0.3, 0.4) is 0 Å². The first kappa shape index (κ1) is 19.6. The van der Waals surface area contributed by atoms with Gasteiger partial charge in [-0.05, 0) is 37.0 Å². The standard InChI is InChI=1S/C19H23N5O4S/c1-27-13-8-6-12(7-9-13)11-14-21-16-17(20)22-19(29(2,25)26)23-18(16)24(14)15-5-3-4-10-28-15/h6-9,15H,3-5,10-11H2,1-2H3,(H2,20,22,23). The fourth-order valence-electron chi connectivity index (χ4n) is 3.47. The molecular weight excluding hydrogens is 394 g/mol. The van der Waals surface area contributed by atoms with Crippen molar-refractivity contribution >= 4 is 26.8 Å². The molecule has 1 saturated heterocycles. The number of ether oxygens (including phenoxy) is 2. The number of nitrogen functional groups attached to an aromatic ring is 1. The molecular formula is C19H23N5O4S. The number of anilines is 1. The summed E-state index contributed by atoms with van der Waals surface area (Å²) in [4.78, 5) is 12.9. The van der Waals surface area contributed by atoms with Gasteiger partial charge in [0.2, 0.25) is 9.84 Å². The molecule has 10 heteroatoms. The van der Waals surface area contributed by atoms with Gasteiger partial charge >= 0.3 is 0 Å². The lowest BCUT2D eigenvalue weighted by atomic mass is 10.1. The van der Waals surface area contributed by atoms with Crippen molar-refractivity contribution in [1.29, 1.82) is 0 Å². The smallest absolute Gasteiger partial charge is 0.250 e. The highest BCUT2D eigenvalue weighted by Crippen LogP contribution is 2.31. The number of hydrogen-bond donors (Lipinski definition) is 1. The molecule has 2 N–H and O–H groups in total. The first-order valence-electron chi connectivity index (χ1n) is 9.35. The molecule has 3 heterocycles. The van der Waals surface area contributed by atoms with Gasteiger partial charge in [0.25, 0.3) is 5.16 Å². The Hall–Kier alpha value is -2.72. The second kappa shape index (κ2) is 7.60. The minimum atomic E-state index is -3.62. The third kappa shape index (κ3) is 3.90. The number of nitrogens with two attached hydrogens (primary N) is 1. The zero-order chi connectivity index (χ0) is 20.6. The number of imidazole rings is 1. The average molecular weight is 417 g/mol. The summed E-state index contributed by atoms with van der Waals surface area (Å²) in [6, 6.07) is 7.69. The Kier molecular flexibility index (Phi) is 5.13. The predicted octanol–water partition coefficient (Wildman–Crippen LogP) is 2.11. The monoisotopic (exact) mass is 417 g/mol. The Morgan fingerprint density at radius 1 is 1.21 bits per heavy atom. The molecule has 1 atom stereocenters. The summed E-state index contributed by atoms with van der Waals surface area (Å²) in [6.45, 7) is 0.631. The molecule has 3 aromatic rings. The molecule has 154 valence electrons. The Labute approximate surface area is 168 Å². The second-order valence-corrected chi connectivity index (χ2v) is 8.99. The summed E-state index contributed by atoms with van der Waals surface area (Å²) in [5.74, 6) is 1.51. The number of methoxy groups -OCH3 is 1. The van der Waals surface area contributed by atoms with Crippen LogP contribution >= 0.6 is 0 Å². The zero-order valence-corrected chi connectivity index (χ0v) is 17.1. The van der Waals surface area contributed by atoms with Crippen molar-refractivity contribution in [3.05, 3.63) is 35.7 Å². The molecule has 1 fully saturated rings. The molecule has 1 unspecified atom stereocenters. The van der Waals surface area contributed by atoms with Crippen LogP contribution in [0.25, 0.3) is 11.2 Å². The molecule has 1 aliphatic heterocycles. The van der Waals surface area contributed by atoms with E-state index in [0.717, 1.165) is 36.8 Å². The van der Waals surface area contributed by atoms with E-state index < -0.39 is 9.84 Å². The van der Waals surface area contributed by atoms with E-state index >= 15 is 0 Å². The number of aromatic nitrogens is 4. The Morgan fingerprint density at radius 3 is 2.59 bits per heavy atom. The lowest BCUT2D eigenvalue weighted by molar-refractivity contribution is -0.0312. The summed E-state index contributed by atoms with van der Waals surface area (Å²) in [6.07, 6.45) is 4.08. The molecule has 0 spiro atoms. The molecule has 1 aliphatic rings. The van der Waals surface area contributed by atoms with Crippen LogP contribution in [0.5, 0.6) is 5.75 Å². The zero-order valence-electron chi connectivity index (χ0n) is 16.3. The van der Waals surface area contributed by atoms with Crippen molar-refractivity contribution in [3.63, 3.8) is 0 Å². The van der Waals surface area contributed by atoms with E-state index in [1.54, 1.807) is 7.11 Å². The lowest BCUT2D eigenvalue weighted by Gasteiger charge is -2.25. The summed E-state index contributed by atoms with van der Waals surface area (Å²) in [7, 11) is -2.00. The van der Waals surface area contributed by atoms with Crippen molar-refractivity contribution in [1.82, 2.24) is 19.5 Å². The van der Waals surface area contributed by atoms with Gasteiger partial charge in [-0.25, -0.2) is 13.4 Å². The highest BCUT2D eigenvalue weighted by Gasteiger charge is 2.26. The second-order valence-electron chi connectivity index (χ2n) is 7.08. The molecule has 0 radical (unpaired) electrons. The van der Waals surface area contributed by atoms with Gasteiger partial charge in [-0.2, -0.15) is 9.97 Å². The van der Waals surface area contributed by atoms with Gasteiger partial charge in [0.1, 0.15) is 17.8 Å². The number of sulfone groups is 1. The molecule has 0 saturated carbocycles. The van der Waals surface area contributed by atoms with Crippen LogP contribution in [0.15, 0.2) is 29.4 Å². The molecule has 0 aliphatic carbocycles. The third-order valence-electron chi connectivity index (χ3n) is 4.92. The SMILES string of the molecule is COc1ccc(Cc2nc3c(N)nc(S(C)(=O)=O)nc3n2C2CCCCO2)cc1. The summed E-state index contributed by atoms with van der Waals surface area (Å²) < 4.78 is 37.1. The van der Waals surface area contributed by atoms with E-state index in [4.69, 9.17) is 15.2 Å². The van der Waals surface area contributed by atoms with Gasteiger partial charge in [0.05, 0.1) is 7.11 Å². The van der Waals surface area contributed by atoms with E-state index in [1.807, 2.05) is 28.8 Å². The largest absolute Gasteiger partial charge is 0.497 e. The van der Waals surface area contributed by atoms with Crippen LogP contribution in [0, 0.1) is 0 Å². The van der Waals surface area contributed by atoms with Gasteiger partial charge in [-0.3, -0.25) is 4.57 Å². The molecule has 0 bridgehead atoms. The van der Waals surface area contributed by atoms with Gasteiger partial charge in [-0.1, -0.05) is 12.1 Å². The van der Waals surface area contributed by atoms with Crippen LogP contribution in [-0.4, -0.2) is 47.9 Å². The Bertz CT molecular complexity index is 1140. The molecule has 4 rings (SSSR count). The maximum atomic E-state index is 12.0. The molecule has 29 heavy (non-hydrogen) atoms. The number of benzene rings is 1. The van der Waals surface area contributed by atoms with Crippen LogP contribution < -0.4 is 10.5 Å². The Morgan fingerprint density at radius 2 is 1.97 bits per heavy atom. The highest BCUT2D eigenvalue weighted by atomic mass is 32.2. The maximum Gasteiger partial charge on any atom is 0.250 e. The van der Waals surface area contributed by atoms with Gasteiger partial charge in [0, 0.05) is 19.3 Å². The van der Waals surface area contributed by atoms with Crippen molar-refractivity contribution in [2.45, 2.75) is 37.1 Å².